The Balaban J connectivity index is 2.06. The topological polar surface area (TPSA) is 138 Å². The maximum absolute atomic E-state index is 12.8. The molecule has 0 aliphatic carbocycles. The standard InChI is InChI=1S/C21H17N3O6/c1-12(25)11-23-20(26)16(13(2)17(10-22)21(23)27)9-14-7-8-19(30-14)15-5-3-4-6-18(15)24(28)29/h3-9,12,25H,11H2,1-2H3/b16-9+. The number of hydrogen-bond donors (Lipinski definition) is 1. The Labute approximate surface area is 171 Å². The average Bonchev–Trinajstić information content (AvgIpc) is 3.17. The van der Waals surface area contributed by atoms with Gasteiger partial charge in [0, 0.05) is 11.6 Å². The lowest BCUT2D eigenvalue weighted by Gasteiger charge is -2.28. The summed E-state index contributed by atoms with van der Waals surface area (Å²) in [7, 11) is 0. The minimum absolute atomic E-state index is 0.0651. The second kappa shape index (κ2) is 8.14. The number of carbonyl (C=O) groups is 2. The van der Waals surface area contributed by atoms with Crippen molar-refractivity contribution >= 4 is 23.6 Å². The van der Waals surface area contributed by atoms with Crippen molar-refractivity contribution in [2.45, 2.75) is 20.0 Å². The molecule has 1 atom stereocenters. The fourth-order valence-electron chi connectivity index (χ4n) is 3.12. The molecule has 1 aliphatic rings. The SMILES string of the molecule is CC1=C(C#N)C(=O)N(CC(C)O)C(=O)/C1=C/c1ccc(-c2ccccc2[N+](=O)[O-])o1. The monoisotopic (exact) mass is 407 g/mol. The predicted molar refractivity (Wildman–Crippen MR) is 105 cm³/mol. The summed E-state index contributed by atoms with van der Waals surface area (Å²) < 4.78 is 5.68. The second-order valence-corrected chi connectivity index (χ2v) is 6.72. The number of aliphatic hydroxyl groups excluding tert-OH is 1. The Bertz CT molecular complexity index is 1150. The summed E-state index contributed by atoms with van der Waals surface area (Å²) in [5.41, 5.74) is 0.203. The number of β-amino-alcohol motifs (C(OH)–C–C–N with tert-alkyl or cyclic N) is 1. The van der Waals surface area contributed by atoms with Crippen LogP contribution in [0.4, 0.5) is 5.69 Å². The number of furan rings is 1. The summed E-state index contributed by atoms with van der Waals surface area (Å²) in [4.78, 5) is 36.8. The average molecular weight is 407 g/mol. The van der Waals surface area contributed by atoms with Crippen molar-refractivity contribution in [1.82, 2.24) is 4.90 Å². The first-order valence-corrected chi connectivity index (χ1v) is 8.95. The first-order valence-electron chi connectivity index (χ1n) is 8.95. The van der Waals surface area contributed by atoms with Crippen LogP contribution in [0.15, 0.2) is 57.5 Å². The minimum Gasteiger partial charge on any atom is -0.456 e. The van der Waals surface area contributed by atoms with E-state index in [1.807, 2.05) is 0 Å². The number of nitrogens with zero attached hydrogens (tertiary/aromatic N) is 3. The van der Waals surface area contributed by atoms with Crippen LogP contribution >= 0.6 is 0 Å². The van der Waals surface area contributed by atoms with Crippen molar-refractivity contribution in [3.8, 4) is 17.4 Å². The fourth-order valence-corrected chi connectivity index (χ4v) is 3.12. The first kappa shape index (κ1) is 20.7. The Morgan fingerprint density at radius 3 is 2.60 bits per heavy atom. The molecular weight excluding hydrogens is 390 g/mol. The van der Waals surface area contributed by atoms with Gasteiger partial charge in [0.15, 0.2) is 0 Å². The Kier molecular flexibility index (Phi) is 5.62. The van der Waals surface area contributed by atoms with Crippen LogP contribution in [-0.2, 0) is 9.59 Å². The van der Waals surface area contributed by atoms with Gasteiger partial charge >= 0.3 is 0 Å². The number of amides is 2. The first-order chi connectivity index (χ1) is 14.2. The zero-order valence-electron chi connectivity index (χ0n) is 16.2. The predicted octanol–water partition coefficient (Wildman–Crippen LogP) is 2.83. The highest BCUT2D eigenvalue weighted by molar-refractivity contribution is 6.19. The molecule has 30 heavy (non-hydrogen) atoms. The molecule has 152 valence electrons. The number of benzene rings is 1. The number of aliphatic hydroxyl groups is 1. The number of hydrogen-bond acceptors (Lipinski definition) is 7. The number of nitro groups is 1. The van der Waals surface area contributed by atoms with Crippen LogP contribution in [0, 0.1) is 21.4 Å². The van der Waals surface area contributed by atoms with E-state index < -0.39 is 22.8 Å². The zero-order chi connectivity index (χ0) is 22.0. The van der Waals surface area contributed by atoms with E-state index in [0.717, 1.165) is 4.90 Å². The Hall–Kier alpha value is -4.03. The summed E-state index contributed by atoms with van der Waals surface area (Å²) in [5.74, 6) is -0.981. The molecule has 1 aliphatic heterocycles. The number of nitriles is 1. The fraction of sp³-hybridized carbons (Fsp3) is 0.190. The van der Waals surface area contributed by atoms with E-state index in [2.05, 4.69) is 0 Å². The number of nitro benzene ring substituents is 1. The zero-order valence-corrected chi connectivity index (χ0v) is 16.2. The van der Waals surface area contributed by atoms with E-state index in [4.69, 9.17) is 4.42 Å². The van der Waals surface area contributed by atoms with Crippen LogP contribution in [0.2, 0.25) is 0 Å². The van der Waals surface area contributed by atoms with Gasteiger partial charge in [-0.3, -0.25) is 24.6 Å². The normalized spacial score (nSPS) is 16.7. The third-order valence-corrected chi connectivity index (χ3v) is 4.55. The van der Waals surface area contributed by atoms with Crippen molar-refractivity contribution < 1.29 is 24.0 Å². The molecule has 0 saturated carbocycles. The van der Waals surface area contributed by atoms with Gasteiger partial charge in [-0.25, -0.2) is 0 Å². The maximum atomic E-state index is 12.8. The molecule has 1 aromatic carbocycles. The molecule has 9 heteroatoms. The molecule has 2 heterocycles. The Morgan fingerprint density at radius 1 is 1.27 bits per heavy atom. The van der Waals surface area contributed by atoms with Gasteiger partial charge in [0.05, 0.1) is 23.1 Å². The highest BCUT2D eigenvalue weighted by Crippen LogP contribution is 2.33. The molecule has 1 unspecified atom stereocenters. The van der Waals surface area contributed by atoms with E-state index in [9.17, 15) is 30.1 Å². The molecule has 0 radical (unpaired) electrons. The second-order valence-electron chi connectivity index (χ2n) is 6.72. The van der Waals surface area contributed by atoms with Crippen molar-refractivity contribution in [3.63, 3.8) is 0 Å². The third kappa shape index (κ3) is 3.76. The number of imide groups is 1. The third-order valence-electron chi connectivity index (χ3n) is 4.55. The lowest BCUT2D eigenvalue weighted by atomic mass is 9.94. The number of para-hydroxylation sites is 1. The summed E-state index contributed by atoms with van der Waals surface area (Å²) in [5, 5.41) is 30.2. The van der Waals surface area contributed by atoms with E-state index in [1.165, 1.54) is 38.1 Å². The quantitative estimate of drug-likeness (QED) is 0.348. The lowest BCUT2D eigenvalue weighted by molar-refractivity contribution is -0.384. The molecule has 3 rings (SSSR count). The molecule has 0 fully saturated rings. The van der Waals surface area contributed by atoms with Crippen LogP contribution in [0.3, 0.4) is 0 Å². The summed E-state index contributed by atoms with van der Waals surface area (Å²) in [6.45, 7) is 2.64. The number of carbonyl (C=O) groups excluding carboxylic acids is 2. The van der Waals surface area contributed by atoms with E-state index in [1.54, 1.807) is 24.3 Å². The van der Waals surface area contributed by atoms with Gasteiger partial charge < -0.3 is 9.52 Å². The highest BCUT2D eigenvalue weighted by Gasteiger charge is 2.36. The van der Waals surface area contributed by atoms with Crippen molar-refractivity contribution in [2.75, 3.05) is 6.54 Å². The van der Waals surface area contributed by atoms with E-state index >= 15 is 0 Å². The molecule has 2 aromatic rings. The highest BCUT2D eigenvalue weighted by atomic mass is 16.6. The summed E-state index contributed by atoms with van der Waals surface area (Å²) in [6, 6.07) is 10.9. The van der Waals surface area contributed by atoms with Crippen molar-refractivity contribution in [3.05, 3.63) is 69.0 Å². The van der Waals surface area contributed by atoms with Crippen LogP contribution in [0.5, 0.6) is 0 Å². The van der Waals surface area contributed by atoms with Gasteiger partial charge in [-0.15, -0.1) is 0 Å². The van der Waals surface area contributed by atoms with Gasteiger partial charge in [-0.2, -0.15) is 5.26 Å². The molecule has 1 N–H and O–H groups in total. The van der Waals surface area contributed by atoms with E-state index in [0.29, 0.717) is 0 Å². The molecule has 0 spiro atoms. The molecular formula is C21H17N3O6. The molecule has 2 amide bonds. The van der Waals surface area contributed by atoms with Crippen molar-refractivity contribution in [2.24, 2.45) is 0 Å². The van der Waals surface area contributed by atoms with Crippen LogP contribution < -0.4 is 0 Å². The van der Waals surface area contributed by atoms with Gasteiger partial charge in [0.2, 0.25) is 0 Å². The summed E-state index contributed by atoms with van der Waals surface area (Å²) in [6.07, 6.45) is 0.403. The Morgan fingerprint density at radius 2 is 1.97 bits per heavy atom. The van der Waals surface area contributed by atoms with Gasteiger partial charge in [0.25, 0.3) is 17.5 Å². The number of rotatable bonds is 5. The largest absolute Gasteiger partial charge is 0.456 e. The lowest BCUT2D eigenvalue weighted by Crippen LogP contribution is -2.45. The smallest absolute Gasteiger partial charge is 0.280 e. The van der Waals surface area contributed by atoms with Gasteiger partial charge in [0.1, 0.15) is 23.2 Å². The van der Waals surface area contributed by atoms with Crippen LogP contribution in [0.1, 0.15) is 19.6 Å². The van der Waals surface area contributed by atoms with Gasteiger partial charge in [-0.1, -0.05) is 12.1 Å². The van der Waals surface area contributed by atoms with Crippen LogP contribution in [-0.4, -0.2) is 39.4 Å². The minimum atomic E-state index is -0.966. The van der Waals surface area contributed by atoms with Crippen molar-refractivity contribution in [1.29, 1.82) is 5.26 Å². The maximum Gasteiger partial charge on any atom is 0.280 e. The molecule has 9 nitrogen and oxygen atoms in total. The molecule has 0 bridgehead atoms. The van der Waals surface area contributed by atoms with Gasteiger partial charge in [-0.05, 0) is 43.7 Å². The van der Waals surface area contributed by atoms with E-state index in [-0.39, 0.29) is 46.0 Å². The van der Waals surface area contributed by atoms with Crippen LogP contribution in [0.25, 0.3) is 17.4 Å². The molecule has 1 aromatic heterocycles. The molecule has 0 saturated heterocycles. The summed E-state index contributed by atoms with van der Waals surface area (Å²) >= 11 is 0.